The Balaban J connectivity index is 4.66. The Morgan fingerprint density at radius 2 is 1.73 bits per heavy atom. The highest BCUT2D eigenvalue weighted by molar-refractivity contribution is 7.92. The fourth-order valence-electron chi connectivity index (χ4n) is 0.713. The molecule has 0 aromatic carbocycles. The second-order valence-corrected chi connectivity index (χ2v) is 7.32. The van der Waals surface area contributed by atoms with E-state index >= 15 is 0 Å². The molecule has 4 nitrogen and oxygen atoms in total. The van der Waals surface area contributed by atoms with Crippen molar-refractivity contribution >= 4 is 27.3 Å². The number of halogens is 1. The van der Waals surface area contributed by atoms with E-state index in [4.69, 9.17) is 11.6 Å². The zero-order chi connectivity index (χ0) is 12.4. The van der Waals surface area contributed by atoms with Gasteiger partial charge in [-0.1, -0.05) is 0 Å². The summed E-state index contributed by atoms with van der Waals surface area (Å²) in [7, 11) is -3.36. The predicted molar refractivity (Wildman–Crippen MR) is 61.8 cm³/mol. The minimum absolute atomic E-state index is 0.284. The Hall–Kier alpha value is -0.290. The van der Waals surface area contributed by atoms with Gasteiger partial charge in [0.15, 0.2) is 9.84 Å². The Bertz CT molecular complexity index is 335. The number of hydrogen-bond donors (Lipinski definition) is 1. The number of carbonyl (C=O) groups is 1. The molecule has 2 unspecified atom stereocenters. The van der Waals surface area contributed by atoms with Crippen molar-refractivity contribution in [3.05, 3.63) is 0 Å². The number of alkyl halides is 1. The van der Waals surface area contributed by atoms with Crippen LogP contribution in [0, 0.1) is 0 Å². The highest BCUT2D eigenvalue weighted by Gasteiger charge is 2.31. The molecule has 0 aromatic rings. The van der Waals surface area contributed by atoms with E-state index in [2.05, 4.69) is 5.32 Å². The van der Waals surface area contributed by atoms with Gasteiger partial charge < -0.3 is 5.32 Å². The van der Waals surface area contributed by atoms with Crippen LogP contribution in [-0.2, 0) is 14.6 Å². The van der Waals surface area contributed by atoms with Crippen molar-refractivity contribution in [3.8, 4) is 0 Å². The fraction of sp³-hybridized carbons (Fsp3) is 0.889. The summed E-state index contributed by atoms with van der Waals surface area (Å²) in [5, 5.41) is 1.28. The van der Waals surface area contributed by atoms with Crippen LogP contribution in [0.3, 0.4) is 0 Å². The first-order valence-electron chi connectivity index (χ1n) is 4.63. The van der Waals surface area contributed by atoms with Gasteiger partial charge in [0.25, 0.3) is 0 Å². The van der Waals surface area contributed by atoms with Gasteiger partial charge in [0, 0.05) is 6.26 Å². The van der Waals surface area contributed by atoms with Gasteiger partial charge in [-0.15, -0.1) is 11.6 Å². The van der Waals surface area contributed by atoms with Crippen LogP contribution in [0.25, 0.3) is 0 Å². The number of nitrogens with one attached hydrogen (secondary N) is 1. The largest absolute Gasteiger partial charge is 0.349 e. The zero-order valence-electron chi connectivity index (χ0n) is 9.67. The van der Waals surface area contributed by atoms with Crippen molar-refractivity contribution in [1.29, 1.82) is 0 Å². The summed E-state index contributed by atoms with van der Waals surface area (Å²) < 4.78 is 22.3. The van der Waals surface area contributed by atoms with Crippen LogP contribution < -0.4 is 5.32 Å². The molecule has 0 fully saturated rings. The van der Waals surface area contributed by atoms with Gasteiger partial charge in [-0.2, -0.15) is 0 Å². The molecule has 0 aliphatic carbocycles. The van der Waals surface area contributed by atoms with Crippen LogP contribution in [0.2, 0.25) is 0 Å². The van der Waals surface area contributed by atoms with Gasteiger partial charge in [-0.3, -0.25) is 4.79 Å². The number of rotatable bonds is 4. The van der Waals surface area contributed by atoms with Gasteiger partial charge >= 0.3 is 0 Å². The van der Waals surface area contributed by atoms with Crippen LogP contribution in [-0.4, -0.2) is 36.7 Å². The van der Waals surface area contributed by atoms with Gasteiger partial charge in [0.05, 0.1) is 10.9 Å². The van der Waals surface area contributed by atoms with E-state index in [1.807, 2.05) is 0 Å². The number of hydrogen-bond acceptors (Lipinski definition) is 3. The molecular weight excluding hydrogens is 238 g/mol. The van der Waals surface area contributed by atoms with E-state index in [0.29, 0.717) is 0 Å². The average Bonchev–Trinajstić information content (AvgIpc) is 2.00. The molecule has 1 amide bonds. The summed E-state index contributed by atoms with van der Waals surface area (Å²) in [6.45, 7) is 6.60. The maximum absolute atomic E-state index is 11.6. The molecule has 0 heterocycles. The minimum Gasteiger partial charge on any atom is -0.349 e. The summed E-state index contributed by atoms with van der Waals surface area (Å²) in [6, 6.07) is 0. The van der Waals surface area contributed by atoms with E-state index in [-0.39, 0.29) is 5.38 Å². The second-order valence-electron chi connectivity index (χ2n) is 4.30. The minimum atomic E-state index is -3.36. The normalized spacial score (nSPS) is 16.9. The first-order valence-corrected chi connectivity index (χ1v) is 7.02. The van der Waals surface area contributed by atoms with Gasteiger partial charge in [-0.05, 0) is 27.7 Å². The van der Waals surface area contributed by atoms with Crippen molar-refractivity contribution in [2.24, 2.45) is 0 Å². The third-order valence-electron chi connectivity index (χ3n) is 2.45. The monoisotopic (exact) mass is 255 g/mol. The predicted octanol–water partition coefficient (Wildman–Crippen LogP) is 0.942. The Morgan fingerprint density at radius 1 is 1.33 bits per heavy atom. The molecule has 0 radical (unpaired) electrons. The first kappa shape index (κ1) is 14.7. The van der Waals surface area contributed by atoms with Gasteiger partial charge in [0.1, 0.15) is 5.25 Å². The number of amides is 1. The van der Waals surface area contributed by atoms with Gasteiger partial charge in [0.2, 0.25) is 5.91 Å². The average molecular weight is 256 g/mol. The highest BCUT2D eigenvalue weighted by atomic mass is 35.5. The van der Waals surface area contributed by atoms with Crippen LogP contribution in [0.1, 0.15) is 27.7 Å². The van der Waals surface area contributed by atoms with E-state index in [0.717, 1.165) is 6.26 Å². The zero-order valence-corrected chi connectivity index (χ0v) is 11.2. The SMILES string of the molecule is CC(Cl)C(C)(C)NC(=O)C(C)S(C)(=O)=O. The lowest BCUT2D eigenvalue weighted by molar-refractivity contribution is -0.122. The van der Waals surface area contributed by atoms with E-state index in [1.165, 1.54) is 6.92 Å². The molecule has 0 saturated heterocycles. The Labute approximate surface area is 96.3 Å². The number of sulfone groups is 1. The number of carbonyl (C=O) groups excluding carboxylic acids is 1. The maximum Gasteiger partial charge on any atom is 0.238 e. The molecule has 0 bridgehead atoms. The van der Waals surface area contributed by atoms with E-state index < -0.39 is 26.5 Å². The lowest BCUT2D eigenvalue weighted by atomic mass is 10.0. The Kier molecular flexibility index (Phi) is 4.61. The standard InChI is InChI=1S/C9H18ClNO3S/c1-6(15(5,13)14)8(12)11-9(3,4)7(2)10/h6-7H,1-5H3,(H,11,12). The van der Waals surface area contributed by atoms with Crippen molar-refractivity contribution in [1.82, 2.24) is 5.32 Å². The van der Waals surface area contributed by atoms with Crippen molar-refractivity contribution in [2.75, 3.05) is 6.26 Å². The molecule has 0 aliphatic heterocycles. The molecule has 1 N–H and O–H groups in total. The van der Waals surface area contributed by atoms with Gasteiger partial charge in [-0.25, -0.2) is 8.42 Å². The molecule has 0 saturated carbocycles. The molecule has 2 atom stereocenters. The molecule has 15 heavy (non-hydrogen) atoms. The third-order valence-corrected chi connectivity index (χ3v) is 4.50. The van der Waals surface area contributed by atoms with Crippen molar-refractivity contribution in [3.63, 3.8) is 0 Å². The molecule has 90 valence electrons. The van der Waals surface area contributed by atoms with Crippen LogP contribution >= 0.6 is 11.6 Å². The summed E-state index contributed by atoms with van der Waals surface area (Å²) in [5.41, 5.74) is -0.627. The van der Waals surface area contributed by atoms with Crippen LogP contribution in [0.15, 0.2) is 0 Å². The summed E-state index contributed by atoms with van der Waals surface area (Å²) >= 11 is 5.87. The fourth-order valence-corrected chi connectivity index (χ4v) is 1.22. The molecule has 0 spiro atoms. The van der Waals surface area contributed by atoms with Crippen LogP contribution in [0.5, 0.6) is 0 Å². The Morgan fingerprint density at radius 3 is 2.00 bits per heavy atom. The van der Waals surface area contributed by atoms with Crippen molar-refractivity contribution < 1.29 is 13.2 Å². The molecule has 0 aliphatic rings. The van der Waals surface area contributed by atoms with Crippen LogP contribution in [0.4, 0.5) is 0 Å². The first-order chi connectivity index (χ1) is 6.48. The summed E-state index contributed by atoms with van der Waals surface area (Å²) in [4.78, 5) is 11.6. The molecule has 0 aromatic heterocycles. The smallest absolute Gasteiger partial charge is 0.238 e. The summed E-state index contributed by atoms with van der Waals surface area (Å²) in [5.74, 6) is -0.519. The molecular formula is C9H18ClNO3S. The lowest BCUT2D eigenvalue weighted by Gasteiger charge is -2.30. The van der Waals surface area contributed by atoms with E-state index in [9.17, 15) is 13.2 Å². The molecule has 6 heteroatoms. The highest BCUT2D eigenvalue weighted by Crippen LogP contribution is 2.15. The summed E-state index contributed by atoms with van der Waals surface area (Å²) in [6.07, 6.45) is 1.04. The topological polar surface area (TPSA) is 63.2 Å². The van der Waals surface area contributed by atoms with E-state index in [1.54, 1.807) is 20.8 Å². The third kappa shape index (κ3) is 4.38. The maximum atomic E-state index is 11.6. The lowest BCUT2D eigenvalue weighted by Crippen LogP contribution is -2.52. The van der Waals surface area contributed by atoms with Crippen molar-refractivity contribution in [2.45, 2.75) is 43.9 Å². The second kappa shape index (κ2) is 4.70. The quantitative estimate of drug-likeness (QED) is 0.761. The molecule has 0 rings (SSSR count).